The van der Waals surface area contributed by atoms with Gasteiger partial charge in [-0.05, 0) is 57.3 Å². The van der Waals surface area contributed by atoms with Crippen LogP contribution in [0.1, 0.15) is 77.6 Å². The van der Waals surface area contributed by atoms with Crippen LogP contribution in [0.2, 0.25) is 0 Å². The lowest BCUT2D eigenvalue weighted by atomic mass is 9.87. The van der Waals surface area contributed by atoms with Gasteiger partial charge < -0.3 is 14.9 Å². The van der Waals surface area contributed by atoms with Crippen LogP contribution in [0.3, 0.4) is 0 Å². The van der Waals surface area contributed by atoms with Crippen LogP contribution in [0.15, 0.2) is 12.2 Å². The fourth-order valence-corrected chi connectivity index (χ4v) is 3.77. The lowest BCUT2D eigenvalue weighted by Gasteiger charge is -2.22. The predicted octanol–water partition coefficient (Wildman–Crippen LogP) is 3.89. The summed E-state index contributed by atoms with van der Waals surface area (Å²) in [6.45, 7) is 1.78. The number of nitriles is 1. The van der Waals surface area contributed by atoms with E-state index in [0.29, 0.717) is 31.6 Å². The monoisotopic (exact) mass is 365 g/mol. The zero-order chi connectivity index (χ0) is 19.4. The Labute approximate surface area is 158 Å². The minimum Gasteiger partial charge on any atom is -0.469 e. The number of carbonyl (C=O) groups is 1. The van der Waals surface area contributed by atoms with Gasteiger partial charge in [0.15, 0.2) is 0 Å². The van der Waals surface area contributed by atoms with E-state index in [4.69, 9.17) is 5.26 Å². The maximum absolute atomic E-state index is 11.1. The molecule has 0 aromatic heterocycles. The van der Waals surface area contributed by atoms with Gasteiger partial charge in [-0.2, -0.15) is 5.26 Å². The number of ether oxygens (including phenoxy) is 1. The molecule has 1 rings (SSSR count). The van der Waals surface area contributed by atoms with Crippen LogP contribution >= 0.6 is 0 Å². The number of hydrogen-bond donors (Lipinski definition) is 2. The van der Waals surface area contributed by atoms with E-state index in [2.05, 4.69) is 16.9 Å². The van der Waals surface area contributed by atoms with Gasteiger partial charge in [0.25, 0.3) is 0 Å². The van der Waals surface area contributed by atoms with Crippen molar-refractivity contribution in [3.8, 4) is 6.07 Å². The Balaban J connectivity index is 2.36. The molecule has 0 aliphatic heterocycles. The maximum atomic E-state index is 11.1. The van der Waals surface area contributed by atoms with E-state index < -0.39 is 5.60 Å². The first-order chi connectivity index (χ1) is 12.4. The Morgan fingerprint density at radius 2 is 2.00 bits per heavy atom. The van der Waals surface area contributed by atoms with E-state index >= 15 is 0 Å². The molecule has 0 amide bonds. The number of nitrogens with zero attached hydrogens (tertiary/aromatic N) is 1. The molecule has 1 aliphatic rings. The molecule has 0 spiro atoms. The molecule has 5 nitrogen and oxygen atoms in total. The van der Waals surface area contributed by atoms with Crippen molar-refractivity contribution in [2.24, 2.45) is 11.8 Å². The highest BCUT2D eigenvalue weighted by Crippen LogP contribution is 2.37. The van der Waals surface area contributed by atoms with Crippen LogP contribution in [-0.4, -0.2) is 35.0 Å². The van der Waals surface area contributed by atoms with E-state index in [1.807, 2.05) is 6.08 Å². The van der Waals surface area contributed by atoms with Crippen molar-refractivity contribution in [2.75, 3.05) is 7.11 Å². The normalized spacial score (nSPS) is 25.1. The first-order valence-electron chi connectivity index (χ1n) is 9.93. The molecule has 5 heteroatoms. The van der Waals surface area contributed by atoms with E-state index in [0.717, 1.165) is 44.9 Å². The van der Waals surface area contributed by atoms with E-state index in [9.17, 15) is 15.0 Å². The average molecular weight is 366 g/mol. The van der Waals surface area contributed by atoms with Crippen LogP contribution in [0.25, 0.3) is 0 Å². The van der Waals surface area contributed by atoms with E-state index in [1.54, 1.807) is 6.92 Å². The second kappa shape index (κ2) is 12.1. The van der Waals surface area contributed by atoms with Crippen molar-refractivity contribution in [1.29, 1.82) is 5.26 Å². The summed E-state index contributed by atoms with van der Waals surface area (Å²) in [5, 5.41) is 29.3. The molecule has 26 heavy (non-hydrogen) atoms. The highest BCUT2D eigenvalue weighted by atomic mass is 16.5. The number of rotatable bonds is 12. The van der Waals surface area contributed by atoms with Gasteiger partial charge >= 0.3 is 5.97 Å². The van der Waals surface area contributed by atoms with Crippen molar-refractivity contribution >= 4 is 5.97 Å². The number of allylic oxidation sites excluding steroid dienone is 1. The minimum atomic E-state index is -0.886. The van der Waals surface area contributed by atoms with Gasteiger partial charge in [-0.15, -0.1) is 0 Å². The summed E-state index contributed by atoms with van der Waals surface area (Å²) in [6, 6.07) is 2.10. The number of unbranched alkanes of at least 4 members (excludes halogenated alkanes) is 4. The van der Waals surface area contributed by atoms with Gasteiger partial charge in [0, 0.05) is 12.8 Å². The topological polar surface area (TPSA) is 90.6 Å². The summed E-state index contributed by atoms with van der Waals surface area (Å²) in [5.41, 5.74) is -0.886. The average Bonchev–Trinajstić information content (AvgIpc) is 2.96. The fourth-order valence-electron chi connectivity index (χ4n) is 3.77. The smallest absolute Gasteiger partial charge is 0.305 e. The SMILES string of the molecule is COC(=O)CCCCCCC1C(O)CCC1C=CC(C)(O)CCCC#N. The minimum absolute atomic E-state index is 0.150. The zero-order valence-corrected chi connectivity index (χ0v) is 16.3. The Kier molecular flexibility index (Phi) is 10.5. The lowest BCUT2D eigenvalue weighted by molar-refractivity contribution is -0.140. The Bertz CT molecular complexity index is 481. The lowest BCUT2D eigenvalue weighted by Crippen LogP contribution is -2.22. The summed E-state index contributed by atoms with van der Waals surface area (Å²) in [6.07, 6.45) is 12.6. The van der Waals surface area contributed by atoms with Crippen molar-refractivity contribution < 1.29 is 19.7 Å². The molecular formula is C21H35NO4. The summed E-state index contributed by atoms with van der Waals surface area (Å²) >= 11 is 0. The van der Waals surface area contributed by atoms with Gasteiger partial charge in [-0.1, -0.05) is 31.4 Å². The Morgan fingerprint density at radius 1 is 1.27 bits per heavy atom. The number of carbonyl (C=O) groups excluding carboxylic acids is 1. The first-order valence-corrected chi connectivity index (χ1v) is 9.93. The molecule has 0 radical (unpaired) electrons. The van der Waals surface area contributed by atoms with Gasteiger partial charge in [-0.3, -0.25) is 4.79 Å². The van der Waals surface area contributed by atoms with Crippen LogP contribution in [0, 0.1) is 23.2 Å². The van der Waals surface area contributed by atoms with Crippen molar-refractivity contribution in [2.45, 2.75) is 89.3 Å². The quantitative estimate of drug-likeness (QED) is 0.311. The third-order valence-corrected chi connectivity index (χ3v) is 5.41. The number of methoxy groups -OCH3 is 1. The van der Waals surface area contributed by atoms with Gasteiger partial charge in [0.2, 0.25) is 0 Å². The van der Waals surface area contributed by atoms with Gasteiger partial charge in [0.1, 0.15) is 0 Å². The van der Waals surface area contributed by atoms with Crippen molar-refractivity contribution in [3.63, 3.8) is 0 Å². The summed E-state index contributed by atoms with van der Waals surface area (Å²) in [7, 11) is 1.42. The van der Waals surface area contributed by atoms with Crippen LogP contribution in [-0.2, 0) is 9.53 Å². The Hall–Kier alpha value is -1.38. The number of hydrogen-bond acceptors (Lipinski definition) is 5. The molecular weight excluding hydrogens is 330 g/mol. The highest BCUT2D eigenvalue weighted by molar-refractivity contribution is 5.68. The number of aliphatic hydroxyl groups is 2. The molecule has 0 heterocycles. The molecule has 0 aromatic carbocycles. The molecule has 1 saturated carbocycles. The van der Waals surface area contributed by atoms with Crippen LogP contribution in [0.4, 0.5) is 0 Å². The third-order valence-electron chi connectivity index (χ3n) is 5.41. The van der Waals surface area contributed by atoms with E-state index in [1.165, 1.54) is 7.11 Å². The highest BCUT2D eigenvalue weighted by Gasteiger charge is 2.33. The molecule has 4 atom stereocenters. The molecule has 0 aromatic rings. The fraction of sp³-hybridized carbons (Fsp3) is 0.810. The van der Waals surface area contributed by atoms with Crippen LogP contribution in [0.5, 0.6) is 0 Å². The van der Waals surface area contributed by atoms with Crippen molar-refractivity contribution in [1.82, 2.24) is 0 Å². The summed E-state index contributed by atoms with van der Waals surface area (Å²) < 4.78 is 4.64. The summed E-state index contributed by atoms with van der Waals surface area (Å²) in [4.78, 5) is 11.1. The Morgan fingerprint density at radius 3 is 2.69 bits per heavy atom. The van der Waals surface area contributed by atoms with Gasteiger partial charge in [-0.25, -0.2) is 0 Å². The molecule has 0 bridgehead atoms. The molecule has 2 N–H and O–H groups in total. The predicted molar refractivity (Wildman–Crippen MR) is 101 cm³/mol. The number of aliphatic hydroxyl groups excluding tert-OH is 1. The second-order valence-corrected chi connectivity index (χ2v) is 7.73. The van der Waals surface area contributed by atoms with Gasteiger partial charge in [0.05, 0.1) is 24.9 Å². The summed E-state index contributed by atoms with van der Waals surface area (Å²) in [5.74, 6) is 0.410. The maximum Gasteiger partial charge on any atom is 0.305 e. The number of esters is 1. The third kappa shape index (κ3) is 8.82. The molecule has 1 fully saturated rings. The van der Waals surface area contributed by atoms with E-state index in [-0.39, 0.29) is 18.0 Å². The standard InChI is InChI=1S/C21H35NO4/c1-21(25,14-7-8-16-22)15-13-17-11-12-19(23)18(17)9-5-3-4-6-10-20(24)26-2/h13,15,17-19,23,25H,3-12,14H2,1-2H3. The molecule has 1 aliphatic carbocycles. The van der Waals surface area contributed by atoms with Crippen molar-refractivity contribution in [3.05, 3.63) is 12.2 Å². The molecule has 4 unspecified atom stereocenters. The molecule has 148 valence electrons. The second-order valence-electron chi connectivity index (χ2n) is 7.73. The zero-order valence-electron chi connectivity index (χ0n) is 16.3. The van der Waals surface area contributed by atoms with Crippen LogP contribution < -0.4 is 0 Å². The largest absolute Gasteiger partial charge is 0.469 e. The molecule has 0 saturated heterocycles. The first kappa shape index (κ1) is 22.7.